The number of methoxy groups -OCH3 is 1. The molecule has 0 saturated carbocycles. The third-order valence-corrected chi connectivity index (χ3v) is 3.53. The molecule has 3 nitrogen and oxygen atoms in total. The molecule has 4 heteroatoms. The minimum absolute atomic E-state index is 0.0919. The zero-order valence-electron chi connectivity index (χ0n) is 11.0. The topological polar surface area (TPSA) is 30.5 Å². The first-order valence-electron chi connectivity index (χ1n) is 6.28. The molecule has 0 spiro atoms. The molecule has 18 heavy (non-hydrogen) atoms. The molecule has 1 fully saturated rings. The molecular formula is C14H20FNO2. The van der Waals surface area contributed by atoms with Crippen LogP contribution < -0.4 is 10.1 Å². The molecule has 100 valence electrons. The van der Waals surface area contributed by atoms with Crippen LogP contribution >= 0.6 is 0 Å². The van der Waals surface area contributed by atoms with Gasteiger partial charge in [-0.2, -0.15) is 0 Å². The summed E-state index contributed by atoms with van der Waals surface area (Å²) in [6, 6.07) is 5.07. The second-order valence-corrected chi connectivity index (χ2v) is 5.00. The number of benzene rings is 1. The van der Waals surface area contributed by atoms with Crippen molar-refractivity contribution < 1.29 is 13.9 Å². The summed E-state index contributed by atoms with van der Waals surface area (Å²) in [5.74, 6) is -0.0232. The molecule has 1 aromatic carbocycles. The predicted octanol–water partition coefficient (Wildman–Crippen LogP) is 2.49. The van der Waals surface area contributed by atoms with Crippen LogP contribution in [-0.4, -0.2) is 25.9 Å². The van der Waals surface area contributed by atoms with Crippen LogP contribution in [0, 0.1) is 5.82 Å². The lowest BCUT2D eigenvalue weighted by molar-refractivity contribution is 0.0446. The molecule has 0 atom stereocenters. The summed E-state index contributed by atoms with van der Waals surface area (Å²) in [5.41, 5.74) is 1.02. The lowest BCUT2D eigenvalue weighted by Gasteiger charge is -2.34. The van der Waals surface area contributed by atoms with Gasteiger partial charge in [0, 0.05) is 25.3 Å². The quantitative estimate of drug-likeness (QED) is 0.894. The Labute approximate surface area is 107 Å². The Kier molecular flexibility index (Phi) is 4.19. The minimum atomic E-state index is -0.311. The summed E-state index contributed by atoms with van der Waals surface area (Å²) < 4.78 is 23.8. The Morgan fingerprint density at radius 3 is 2.72 bits per heavy atom. The van der Waals surface area contributed by atoms with Crippen LogP contribution in [0.5, 0.6) is 5.75 Å². The van der Waals surface area contributed by atoms with Crippen molar-refractivity contribution >= 4 is 0 Å². The van der Waals surface area contributed by atoms with E-state index in [2.05, 4.69) is 12.2 Å². The van der Waals surface area contributed by atoms with Crippen molar-refractivity contribution in [2.24, 2.45) is 0 Å². The fourth-order valence-corrected chi connectivity index (χ4v) is 2.13. The molecule has 1 aliphatic rings. The van der Waals surface area contributed by atoms with Crippen LogP contribution in [0.2, 0.25) is 0 Å². The van der Waals surface area contributed by atoms with Crippen molar-refractivity contribution in [3.8, 4) is 5.75 Å². The van der Waals surface area contributed by atoms with Crippen LogP contribution in [0.4, 0.5) is 4.39 Å². The lowest BCUT2D eigenvalue weighted by atomic mass is 9.92. The van der Waals surface area contributed by atoms with E-state index in [-0.39, 0.29) is 17.1 Å². The minimum Gasteiger partial charge on any atom is -0.494 e. The molecular weight excluding hydrogens is 233 g/mol. The molecule has 1 saturated heterocycles. The van der Waals surface area contributed by atoms with Crippen LogP contribution in [-0.2, 0) is 11.3 Å². The maximum Gasteiger partial charge on any atom is 0.165 e. The van der Waals surface area contributed by atoms with Crippen molar-refractivity contribution in [3.05, 3.63) is 29.6 Å². The molecule has 0 aromatic heterocycles. The van der Waals surface area contributed by atoms with E-state index in [0.29, 0.717) is 6.54 Å². The van der Waals surface area contributed by atoms with Gasteiger partial charge in [-0.15, -0.1) is 0 Å². The van der Waals surface area contributed by atoms with Gasteiger partial charge in [0.15, 0.2) is 11.6 Å². The number of ether oxygens (including phenoxy) is 2. The molecule has 0 amide bonds. The van der Waals surface area contributed by atoms with Crippen molar-refractivity contribution in [1.29, 1.82) is 0 Å². The van der Waals surface area contributed by atoms with E-state index in [1.807, 2.05) is 6.07 Å². The fraction of sp³-hybridized carbons (Fsp3) is 0.571. The van der Waals surface area contributed by atoms with Crippen molar-refractivity contribution in [3.63, 3.8) is 0 Å². The predicted molar refractivity (Wildman–Crippen MR) is 68.2 cm³/mol. The number of rotatable bonds is 4. The highest BCUT2D eigenvalue weighted by Gasteiger charge is 2.26. The van der Waals surface area contributed by atoms with Crippen LogP contribution in [0.1, 0.15) is 25.3 Å². The zero-order valence-corrected chi connectivity index (χ0v) is 11.0. The Morgan fingerprint density at radius 1 is 1.39 bits per heavy atom. The molecule has 0 unspecified atom stereocenters. The molecule has 0 radical (unpaired) electrons. The first-order chi connectivity index (χ1) is 8.63. The van der Waals surface area contributed by atoms with Crippen LogP contribution in [0.25, 0.3) is 0 Å². The largest absolute Gasteiger partial charge is 0.494 e. The molecule has 0 bridgehead atoms. The monoisotopic (exact) mass is 253 g/mol. The van der Waals surface area contributed by atoms with Gasteiger partial charge in [-0.3, -0.25) is 0 Å². The van der Waals surface area contributed by atoms with E-state index in [0.717, 1.165) is 31.6 Å². The highest BCUT2D eigenvalue weighted by Crippen LogP contribution is 2.22. The fourth-order valence-electron chi connectivity index (χ4n) is 2.13. The smallest absolute Gasteiger partial charge is 0.165 e. The molecule has 1 heterocycles. The van der Waals surface area contributed by atoms with Gasteiger partial charge in [-0.25, -0.2) is 4.39 Å². The second-order valence-electron chi connectivity index (χ2n) is 5.00. The van der Waals surface area contributed by atoms with Crippen molar-refractivity contribution in [2.45, 2.75) is 31.8 Å². The molecule has 1 aliphatic heterocycles. The van der Waals surface area contributed by atoms with E-state index in [4.69, 9.17) is 9.47 Å². The summed E-state index contributed by atoms with van der Waals surface area (Å²) in [6.45, 7) is 4.44. The summed E-state index contributed by atoms with van der Waals surface area (Å²) in [6.07, 6.45) is 1.98. The Balaban J connectivity index is 1.95. The lowest BCUT2D eigenvalue weighted by Crippen LogP contribution is -2.46. The molecule has 1 N–H and O–H groups in total. The van der Waals surface area contributed by atoms with Gasteiger partial charge in [-0.1, -0.05) is 6.07 Å². The Hall–Kier alpha value is -1.13. The summed E-state index contributed by atoms with van der Waals surface area (Å²) >= 11 is 0. The SMILES string of the molecule is COc1ccc(CNC2(C)CCOCC2)cc1F. The number of nitrogens with one attached hydrogen (secondary N) is 1. The zero-order chi connectivity index (χ0) is 13.0. The van der Waals surface area contributed by atoms with Crippen molar-refractivity contribution in [2.75, 3.05) is 20.3 Å². The molecule has 0 aliphatic carbocycles. The van der Waals surface area contributed by atoms with Gasteiger partial charge in [-0.05, 0) is 37.5 Å². The van der Waals surface area contributed by atoms with Crippen LogP contribution in [0.15, 0.2) is 18.2 Å². The van der Waals surface area contributed by atoms with Gasteiger partial charge >= 0.3 is 0 Å². The maximum absolute atomic E-state index is 13.5. The highest BCUT2D eigenvalue weighted by molar-refractivity contribution is 5.29. The average molecular weight is 253 g/mol. The summed E-state index contributed by atoms with van der Waals surface area (Å²) in [5, 5.41) is 3.49. The van der Waals surface area contributed by atoms with E-state index in [1.54, 1.807) is 6.07 Å². The second kappa shape index (κ2) is 5.67. The summed E-state index contributed by atoms with van der Waals surface area (Å²) in [4.78, 5) is 0. The third-order valence-electron chi connectivity index (χ3n) is 3.53. The van der Waals surface area contributed by atoms with Crippen LogP contribution in [0.3, 0.4) is 0 Å². The number of hydrogen-bond donors (Lipinski definition) is 1. The van der Waals surface area contributed by atoms with E-state index < -0.39 is 0 Å². The third kappa shape index (κ3) is 3.21. The van der Waals surface area contributed by atoms with Gasteiger partial charge in [0.1, 0.15) is 0 Å². The maximum atomic E-state index is 13.5. The van der Waals surface area contributed by atoms with Gasteiger partial charge in [0.05, 0.1) is 7.11 Å². The van der Waals surface area contributed by atoms with E-state index in [1.165, 1.54) is 13.2 Å². The van der Waals surface area contributed by atoms with Gasteiger partial charge in [0.25, 0.3) is 0 Å². The summed E-state index contributed by atoms with van der Waals surface area (Å²) in [7, 11) is 1.47. The average Bonchev–Trinajstić information content (AvgIpc) is 2.38. The van der Waals surface area contributed by atoms with Gasteiger partial charge in [0.2, 0.25) is 0 Å². The highest BCUT2D eigenvalue weighted by atomic mass is 19.1. The van der Waals surface area contributed by atoms with E-state index >= 15 is 0 Å². The van der Waals surface area contributed by atoms with Gasteiger partial charge < -0.3 is 14.8 Å². The standard InChI is InChI=1S/C14H20FNO2/c1-14(5-7-18-8-6-14)16-10-11-3-4-13(17-2)12(15)9-11/h3-4,9,16H,5-8,10H2,1-2H3. The first-order valence-corrected chi connectivity index (χ1v) is 6.28. The number of hydrogen-bond acceptors (Lipinski definition) is 3. The molecule has 1 aromatic rings. The molecule has 2 rings (SSSR count). The van der Waals surface area contributed by atoms with Crippen molar-refractivity contribution in [1.82, 2.24) is 5.32 Å². The number of halogens is 1. The Morgan fingerprint density at radius 2 is 2.11 bits per heavy atom. The first kappa shape index (κ1) is 13.3. The van der Waals surface area contributed by atoms with E-state index in [9.17, 15) is 4.39 Å². The normalized spacial score (nSPS) is 18.6. The Bertz CT molecular complexity index is 403.